The third-order valence-corrected chi connectivity index (χ3v) is 17.3. The van der Waals surface area contributed by atoms with Gasteiger partial charge in [0, 0.05) is 67.2 Å². The zero-order valence-electron chi connectivity index (χ0n) is 48.2. The van der Waals surface area contributed by atoms with E-state index in [4.69, 9.17) is 9.97 Å². The third-order valence-electron chi connectivity index (χ3n) is 17.3. The first kappa shape index (κ1) is 50.9. The minimum Gasteiger partial charge on any atom is -0.311 e. The molecule has 2 aromatic heterocycles. The maximum Gasteiger partial charge on any atom is 0.252 e. The quantitative estimate of drug-likeness (QED) is 0.142. The van der Waals surface area contributed by atoms with Crippen LogP contribution in [-0.4, -0.2) is 21.2 Å². The highest BCUT2D eigenvalue weighted by Crippen LogP contribution is 2.46. The molecule has 13 aromatic rings. The molecule has 2 aliphatic rings. The van der Waals surface area contributed by atoms with Crippen LogP contribution in [0.1, 0.15) is 52.7 Å². The van der Waals surface area contributed by atoms with Crippen LogP contribution in [0.2, 0.25) is 0 Å². The Labute approximate surface area is 492 Å². The largest absolute Gasteiger partial charge is 0.311 e. The summed E-state index contributed by atoms with van der Waals surface area (Å²) in [6.45, 7) is 13.9. The Hall–Kier alpha value is -10.0. The van der Waals surface area contributed by atoms with Crippen molar-refractivity contribution in [2.75, 3.05) is 9.80 Å². The molecular weight excluding hydrogens is 1020 g/mol. The van der Waals surface area contributed by atoms with Crippen LogP contribution in [0.4, 0.5) is 34.1 Å². The Morgan fingerprint density at radius 3 is 1.33 bits per heavy atom. The maximum absolute atomic E-state index is 5.34. The molecule has 11 aromatic carbocycles. The molecule has 0 atom stereocenters. The zero-order chi connectivity index (χ0) is 56.8. The van der Waals surface area contributed by atoms with Gasteiger partial charge in [0.15, 0.2) is 5.82 Å². The number of fused-ring (bicyclic) bond motifs is 7. The first-order chi connectivity index (χ1) is 40.9. The molecule has 402 valence electrons. The molecule has 0 bridgehead atoms. The van der Waals surface area contributed by atoms with Crippen LogP contribution in [0, 0.1) is 0 Å². The minimum atomic E-state index is -0.0229. The van der Waals surface area contributed by atoms with Crippen LogP contribution in [0.15, 0.2) is 267 Å². The van der Waals surface area contributed by atoms with Crippen LogP contribution >= 0.6 is 0 Å². The van der Waals surface area contributed by atoms with Crippen molar-refractivity contribution in [2.45, 2.75) is 52.4 Å². The lowest BCUT2D eigenvalue weighted by atomic mass is 9.33. The summed E-state index contributed by atoms with van der Waals surface area (Å²) in [5.74, 6) is 0.672. The van der Waals surface area contributed by atoms with E-state index in [-0.39, 0.29) is 17.5 Å². The van der Waals surface area contributed by atoms with E-state index in [9.17, 15) is 0 Å². The average Bonchev–Trinajstić information content (AvgIpc) is 1.06. The normalized spacial score (nSPS) is 12.8. The third kappa shape index (κ3) is 8.63. The van der Waals surface area contributed by atoms with Crippen LogP contribution in [0.5, 0.6) is 0 Å². The molecule has 0 saturated heterocycles. The standard InChI is InChI=1S/C78H62BN5/c1-77(2,3)57-41-44-69-62(48-57)63-49-58(78(4,5)6)42-45-70(63)84(69)68-43-40-56(76-80-66(53-22-10-7-11-23-53)50-67(81-76)54-24-12-8-13-25-54)47-61(68)52-38-36-51(37-39-52)55-26-20-29-60(46-55)83-72-33-19-17-31-65(72)79-64-30-16-18-32-71(64)82(59-27-14-9-15-28-59)73-34-21-35-74(83)75(73)79/h7-50H,1-6H3. The van der Waals surface area contributed by atoms with E-state index in [0.29, 0.717) is 5.82 Å². The molecule has 15 rings (SSSR count). The maximum atomic E-state index is 5.34. The van der Waals surface area contributed by atoms with Gasteiger partial charge in [0.05, 0.1) is 28.1 Å². The molecule has 0 radical (unpaired) electrons. The fraction of sp³-hybridized carbons (Fsp3) is 0.103. The van der Waals surface area contributed by atoms with Gasteiger partial charge in [0.25, 0.3) is 6.71 Å². The highest BCUT2D eigenvalue weighted by atomic mass is 15.2. The molecule has 4 heterocycles. The smallest absolute Gasteiger partial charge is 0.252 e. The molecule has 0 spiro atoms. The van der Waals surface area contributed by atoms with E-state index in [1.165, 1.54) is 72.1 Å². The molecule has 0 unspecified atom stereocenters. The fourth-order valence-corrected chi connectivity index (χ4v) is 13.0. The summed E-state index contributed by atoms with van der Waals surface area (Å²) in [5, 5.41) is 2.50. The summed E-state index contributed by atoms with van der Waals surface area (Å²) in [4.78, 5) is 15.6. The Balaban J connectivity index is 0.886. The number of hydrogen-bond acceptors (Lipinski definition) is 4. The van der Waals surface area contributed by atoms with Crippen molar-refractivity contribution in [1.82, 2.24) is 14.5 Å². The Morgan fingerprint density at radius 1 is 0.321 bits per heavy atom. The van der Waals surface area contributed by atoms with Crippen LogP contribution in [-0.2, 0) is 10.8 Å². The molecule has 84 heavy (non-hydrogen) atoms. The fourth-order valence-electron chi connectivity index (χ4n) is 13.0. The van der Waals surface area contributed by atoms with Gasteiger partial charge in [-0.3, -0.25) is 0 Å². The summed E-state index contributed by atoms with van der Waals surface area (Å²) in [6, 6.07) is 97.8. The predicted molar refractivity (Wildman–Crippen MR) is 355 cm³/mol. The van der Waals surface area contributed by atoms with Crippen LogP contribution in [0.3, 0.4) is 0 Å². The highest BCUT2D eigenvalue weighted by Gasteiger charge is 2.43. The van der Waals surface area contributed by atoms with E-state index in [1.807, 2.05) is 0 Å². The van der Waals surface area contributed by atoms with Crippen LogP contribution in [0.25, 0.3) is 83.6 Å². The Bertz CT molecular complexity index is 4560. The second-order valence-electron chi connectivity index (χ2n) is 24.6. The summed E-state index contributed by atoms with van der Waals surface area (Å²) in [6.07, 6.45) is 0. The first-order valence-electron chi connectivity index (χ1n) is 29.3. The summed E-state index contributed by atoms with van der Waals surface area (Å²) >= 11 is 0. The number of rotatable bonds is 8. The van der Waals surface area contributed by atoms with Crippen molar-refractivity contribution in [1.29, 1.82) is 0 Å². The molecule has 0 aliphatic carbocycles. The average molecular weight is 1080 g/mol. The molecule has 0 fully saturated rings. The number of anilines is 6. The van der Waals surface area contributed by atoms with E-state index >= 15 is 0 Å². The molecule has 0 N–H and O–H groups in total. The van der Waals surface area contributed by atoms with Crippen molar-refractivity contribution in [3.63, 3.8) is 0 Å². The Kier molecular flexibility index (Phi) is 12.0. The summed E-state index contributed by atoms with van der Waals surface area (Å²) in [5.41, 5.74) is 26.2. The van der Waals surface area contributed by atoms with Crippen molar-refractivity contribution in [3.8, 4) is 61.8 Å². The van der Waals surface area contributed by atoms with Crippen molar-refractivity contribution in [2.24, 2.45) is 0 Å². The van der Waals surface area contributed by atoms with E-state index in [0.717, 1.165) is 67.4 Å². The van der Waals surface area contributed by atoms with Gasteiger partial charge in [-0.2, -0.15) is 0 Å². The second-order valence-corrected chi connectivity index (χ2v) is 24.6. The van der Waals surface area contributed by atoms with Gasteiger partial charge in [-0.1, -0.05) is 211 Å². The number of benzene rings is 11. The lowest BCUT2D eigenvalue weighted by molar-refractivity contribution is 0.590. The first-order valence-corrected chi connectivity index (χ1v) is 29.3. The lowest BCUT2D eigenvalue weighted by Gasteiger charge is -2.44. The van der Waals surface area contributed by atoms with Gasteiger partial charge in [-0.25, -0.2) is 9.97 Å². The molecule has 6 heteroatoms. The number of nitrogens with zero attached hydrogens (tertiary/aromatic N) is 5. The SMILES string of the molecule is CC(C)(C)c1ccc2c(c1)c1cc(C(C)(C)C)ccc1n2-c1ccc(-c2nc(-c3ccccc3)cc(-c3ccccc3)n2)cc1-c1ccc(-c2cccc(N3c4ccccc4B4c5ccccc5N(c5ccccc5)c5cccc3c54)c2)cc1. The summed E-state index contributed by atoms with van der Waals surface area (Å²) < 4.78 is 2.48. The lowest BCUT2D eigenvalue weighted by Crippen LogP contribution is -2.61. The predicted octanol–water partition coefficient (Wildman–Crippen LogP) is 18.6. The van der Waals surface area contributed by atoms with E-state index < -0.39 is 0 Å². The second kappa shape index (κ2) is 19.9. The topological polar surface area (TPSA) is 37.2 Å². The molecule has 2 aliphatic heterocycles. The van der Waals surface area contributed by atoms with Crippen molar-refractivity contribution >= 4 is 79.0 Å². The molecule has 0 amide bonds. The number of aromatic nitrogens is 3. The molecule has 0 saturated carbocycles. The van der Waals surface area contributed by atoms with Gasteiger partial charge < -0.3 is 14.4 Å². The van der Waals surface area contributed by atoms with Gasteiger partial charge in [-0.15, -0.1) is 0 Å². The van der Waals surface area contributed by atoms with Gasteiger partial charge in [0.1, 0.15) is 0 Å². The summed E-state index contributed by atoms with van der Waals surface area (Å²) in [7, 11) is 0. The van der Waals surface area contributed by atoms with Crippen LogP contribution < -0.4 is 26.2 Å². The van der Waals surface area contributed by atoms with Gasteiger partial charge >= 0.3 is 0 Å². The molecule has 5 nitrogen and oxygen atoms in total. The number of para-hydroxylation sites is 3. The number of hydrogen-bond donors (Lipinski definition) is 0. The molecular formula is C78H62BN5. The van der Waals surface area contributed by atoms with E-state index in [2.05, 4.69) is 323 Å². The zero-order valence-corrected chi connectivity index (χ0v) is 48.2. The highest BCUT2D eigenvalue weighted by molar-refractivity contribution is 7.00. The Morgan fingerprint density at radius 2 is 0.774 bits per heavy atom. The van der Waals surface area contributed by atoms with Crippen molar-refractivity contribution < 1.29 is 0 Å². The minimum absolute atomic E-state index is 0.0229. The van der Waals surface area contributed by atoms with E-state index in [1.54, 1.807) is 0 Å². The van der Waals surface area contributed by atoms with Gasteiger partial charge in [-0.05, 0) is 152 Å². The van der Waals surface area contributed by atoms with Gasteiger partial charge in [0.2, 0.25) is 0 Å². The van der Waals surface area contributed by atoms with Crippen molar-refractivity contribution in [3.05, 3.63) is 278 Å². The monoisotopic (exact) mass is 1080 g/mol.